The van der Waals surface area contributed by atoms with Crippen molar-refractivity contribution >= 4 is 0 Å². The van der Waals surface area contributed by atoms with Gasteiger partial charge in [-0.1, -0.05) is 6.92 Å². The summed E-state index contributed by atoms with van der Waals surface area (Å²) in [6.07, 6.45) is 2.69. The van der Waals surface area contributed by atoms with Gasteiger partial charge in [0.25, 0.3) is 0 Å². The number of hydrogen-bond acceptors (Lipinski definition) is 2. The number of rotatable bonds is 2. The van der Waals surface area contributed by atoms with Crippen LogP contribution in [0, 0.1) is 11.8 Å². The van der Waals surface area contributed by atoms with E-state index in [2.05, 4.69) is 11.8 Å². The van der Waals surface area contributed by atoms with Crippen LogP contribution in [0.25, 0.3) is 0 Å². The standard InChI is InChI=1S/C9H18N2/c1-2-3-11-5-7-4-8(6-11)9(7)10/h7-9H,2-6,10H2,1H3/t7-,8-/m1/s1. The zero-order valence-corrected chi connectivity index (χ0v) is 7.29. The molecular formula is C9H18N2. The summed E-state index contributed by atoms with van der Waals surface area (Å²) in [6.45, 7) is 6.07. The minimum absolute atomic E-state index is 0.545. The van der Waals surface area contributed by atoms with Gasteiger partial charge in [-0.05, 0) is 31.2 Å². The summed E-state index contributed by atoms with van der Waals surface area (Å²) in [6, 6.07) is 0.545. The number of nitrogens with zero attached hydrogens (tertiary/aromatic N) is 1. The molecule has 0 aromatic heterocycles. The van der Waals surface area contributed by atoms with Gasteiger partial charge in [-0.3, -0.25) is 0 Å². The second-order valence-corrected chi connectivity index (χ2v) is 4.09. The summed E-state index contributed by atoms with van der Waals surface area (Å²) in [4.78, 5) is 2.57. The molecule has 0 amide bonds. The molecule has 0 spiro atoms. The summed E-state index contributed by atoms with van der Waals surface area (Å²) < 4.78 is 0. The van der Waals surface area contributed by atoms with Gasteiger partial charge >= 0.3 is 0 Å². The van der Waals surface area contributed by atoms with Gasteiger partial charge in [-0.25, -0.2) is 0 Å². The summed E-state index contributed by atoms with van der Waals surface area (Å²) in [7, 11) is 0. The Balaban J connectivity index is 1.84. The van der Waals surface area contributed by atoms with E-state index in [4.69, 9.17) is 5.73 Å². The quantitative estimate of drug-likeness (QED) is 0.633. The third-order valence-electron chi connectivity index (χ3n) is 3.22. The third kappa shape index (κ3) is 1.18. The first-order valence-corrected chi connectivity index (χ1v) is 4.79. The molecule has 0 unspecified atom stereocenters. The first-order chi connectivity index (χ1) is 5.31. The lowest BCUT2D eigenvalue weighted by Gasteiger charge is -2.52. The molecule has 64 valence electrons. The molecule has 3 rings (SSSR count). The molecule has 2 N–H and O–H groups in total. The molecule has 0 radical (unpaired) electrons. The molecule has 1 aliphatic carbocycles. The van der Waals surface area contributed by atoms with E-state index >= 15 is 0 Å². The van der Waals surface area contributed by atoms with Gasteiger partial charge in [-0.15, -0.1) is 0 Å². The van der Waals surface area contributed by atoms with Crippen molar-refractivity contribution in [2.75, 3.05) is 19.6 Å². The molecule has 2 nitrogen and oxygen atoms in total. The molecule has 0 aromatic carbocycles. The first-order valence-electron chi connectivity index (χ1n) is 4.79. The molecule has 0 aromatic rings. The van der Waals surface area contributed by atoms with Crippen LogP contribution in [0.5, 0.6) is 0 Å². The lowest BCUT2D eigenvalue weighted by molar-refractivity contribution is 0.00309. The van der Waals surface area contributed by atoms with Crippen LogP contribution in [-0.2, 0) is 0 Å². The van der Waals surface area contributed by atoms with E-state index in [9.17, 15) is 0 Å². The van der Waals surface area contributed by atoms with Gasteiger partial charge < -0.3 is 10.6 Å². The number of fused-ring (bicyclic) bond motifs is 2. The largest absolute Gasteiger partial charge is 0.327 e. The molecular weight excluding hydrogens is 136 g/mol. The van der Waals surface area contributed by atoms with Crippen molar-refractivity contribution in [1.29, 1.82) is 0 Å². The molecule has 3 fully saturated rings. The van der Waals surface area contributed by atoms with Crippen LogP contribution in [0.15, 0.2) is 0 Å². The Morgan fingerprint density at radius 2 is 2.00 bits per heavy atom. The minimum atomic E-state index is 0.545. The maximum absolute atomic E-state index is 5.96. The van der Waals surface area contributed by atoms with Gasteiger partial charge in [0.05, 0.1) is 0 Å². The van der Waals surface area contributed by atoms with Gasteiger partial charge in [0, 0.05) is 19.1 Å². The Hall–Kier alpha value is -0.0800. The molecule has 3 aliphatic rings. The van der Waals surface area contributed by atoms with Gasteiger partial charge in [0.1, 0.15) is 0 Å². The van der Waals surface area contributed by atoms with Crippen molar-refractivity contribution < 1.29 is 0 Å². The van der Waals surface area contributed by atoms with E-state index in [-0.39, 0.29) is 0 Å². The van der Waals surface area contributed by atoms with Crippen LogP contribution >= 0.6 is 0 Å². The lowest BCUT2D eigenvalue weighted by atomic mass is 9.67. The van der Waals surface area contributed by atoms with E-state index < -0.39 is 0 Å². The topological polar surface area (TPSA) is 29.3 Å². The van der Waals surface area contributed by atoms with E-state index in [0.29, 0.717) is 6.04 Å². The lowest BCUT2D eigenvalue weighted by Crippen LogP contribution is -2.61. The second kappa shape index (κ2) is 2.76. The Kier molecular flexibility index (Phi) is 1.90. The maximum atomic E-state index is 5.96. The highest BCUT2D eigenvalue weighted by Crippen LogP contribution is 2.38. The summed E-state index contributed by atoms with van der Waals surface area (Å²) in [5.74, 6) is 1.67. The fourth-order valence-electron chi connectivity index (χ4n) is 2.52. The Bertz CT molecular complexity index is 134. The van der Waals surface area contributed by atoms with Crippen LogP contribution in [0.3, 0.4) is 0 Å². The molecule has 1 saturated carbocycles. The summed E-state index contributed by atoms with van der Waals surface area (Å²) in [5, 5.41) is 0. The number of piperidine rings is 2. The Morgan fingerprint density at radius 3 is 2.45 bits per heavy atom. The molecule has 2 saturated heterocycles. The fourth-order valence-corrected chi connectivity index (χ4v) is 2.52. The van der Waals surface area contributed by atoms with E-state index in [0.717, 1.165) is 11.8 Å². The SMILES string of the molecule is CCCN1C[C@H]2C[C@H](C1)C2N. The van der Waals surface area contributed by atoms with Crippen molar-refractivity contribution in [1.82, 2.24) is 4.90 Å². The van der Waals surface area contributed by atoms with Gasteiger partial charge in [0.2, 0.25) is 0 Å². The van der Waals surface area contributed by atoms with Crippen LogP contribution < -0.4 is 5.73 Å². The van der Waals surface area contributed by atoms with Crippen molar-refractivity contribution in [3.05, 3.63) is 0 Å². The smallest absolute Gasteiger partial charge is 0.0120 e. The average molecular weight is 154 g/mol. The summed E-state index contributed by atoms with van der Waals surface area (Å²) in [5.41, 5.74) is 5.96. The van der Waals surface area contributed by atoms with Gasteiger partial charge in [0.15, 0.2) is 0 Å². The van der Waals surface area contributed by atoms with E-state index in [1.165, 1.54) is 32.5 Å². The molecule has 2 aliphatic heterocycles. The molecule has 2 heterocycles. The predicted molar refractivity (Wildman–Crippen MR) is 46.3 cm³/mol. The second-order valence-electron chi connectivity index (χ2n) is 4.09. The molecule has 2 atom stereocenters. The third-order valence-corrected chi connectivity index (χ3v) is 3.22. The van der Waals surface area contributed by atoms with Crippen molar-refractivity contribution in [3.63, 3.8) is 0 Å². The number of hydrogen-bond donors (Lipinski definition) is 1. The van der Waals surface area contributed by atoms with E-state index in [1.54, 1.807) is 0 Å². The monoisotopic (exact) mass is 154 g/mol. The van der Waals surface area contributed by atoms with Crippen LogP contribution in [0.1, 0.15) is 19.8 Å². The number of nitrogens with two attached hydrogens (primary N) is 1. The zero-order valence-electron chi connectivity index (χ0n) is 7.29. The predicted octanol–water partition coefficient (Wildman–Crippen LogP) is 0.675. The van der Waals surface area contributed by atoms with Crippen molar-refractivity contribution in [2.24, 2.45) is 17.6 Å². The Morgan fingerprint density at radius 1 is 1.36 bits per heavy atom. The zero-order chi connectivity index (χ0) is 7.84. The van der Waals surface area contributed by atoms with Gasteiger partial charge in [-0.2, -0.15) is 0 Å². The highest BCUT2D eigenvalue weighted by molar-refractivity contribution is 4.99. The normalized spacial score (nSPS) is 43.6. The highest BCUT2D eigenvalue weighted by atomic mass is 15.2. The molecule has 2 bridgehead atoms. The highest BCUT2D eigenvalue weighted by Gasteiger charge is 2.43. The summed E-state index contributed by atoms with van der Waals surface area (Å²) >= 11 is 0. The molecule has 2 heteroatoms. The first kappa shape index (κ1) is 7.56. The molecule has 11 heavy (non-hydrogen) atoms. The average Bonchev–Trinajstić information content (AvgIpc) is 2.05. The maximum Gasteiger partial charge on any atom is 0.0120 e. The van der Waals surface area contributed by atoms with Crippen LogP contribution in [0.2, 0.25) is 0 Å². The van der Waals surface area contributed by atoms with E-state index in [1.807, 2.05) is 0 Å². The van der Waals surface area contributed by atoms with Crippen molar-refractivity contribution in [2.45, 2.75) is 25.8 Å². The Labute approximate surface area is 68.7 Å². The fraction of sp³-hybridized carbons (Fsp3) is 1.00. The van der Waals surface area contributed by atoms with Crippen LogP contribution in [-0.4, -0.2) is 30.6 Å². The minimum Gasteiger partial charge on any atom is -0.327 e. The van der Waals surface area contributed by atoms with Crippen molar-refractivity contribution in [3.8, 4) is 0 Å². The van der Waals surface area contributed by atoms with Crippen LogP contribution in [0.4, 0.5) is 0 Å².